The molecule has 1 atom stereocenters. The Morgan fingerprint density at radius 1 is 1.28 bits per heavy atom. The van der Waals surface area contributed by atoms with Gasteiger partial charge in [-0.2, -0.15) is 0 Å². The third kappa shape index (κ3) is 3.50. The number of nitrogens with zero attached hydrogens (tertiary/aromatic N) is 2. The monoisotopic (exact) mass is 337 g/mol. The Balaban J connectivity index is 1.82. The number of hydrogen-bond acceptors (Lipinski definition) is 3. The molecule has 3 aromatic rings. The number of ether oxygens (including phenoxy) is 1. The quantitative estimate of drug-likeness (QED) is 0.746. The summed E-state index contributed by atoms with van der Waals surface area (Å²) in [4.78, 5) is 22.1. The highest BCUT2D eigenvalue weighted by Gasteiger charge is 2.20. The van der Waals surface area contributed by atoms with Crippen molar-refractivity contribution in [3.63, 3.8) is 0 Å². The van der Waals surface area contributed by atoms with Gasteiger partial charge in [-0.05, 0) is 43.7 Å². The van der Waals surface area contributed by atoms with Gasteiger partial charge in [0.05, 0.1) is 24.8 Å². The van der Waals surface area contributed by atoms with Crippen LogP contribution in [0.5, 0.6) is 5.75 Å². The van der Waals surface area contributed by atoms with E-state index in [0.29, 0.717) is 13.0 Å². The molecule has 1 aromatic carbocycles. The molecule has 1 amide bonds. The average molecular weight is 337 g/mol. The molecule has 5 heteroatoms. The van der Waals surface area contributed by atoms with Gasteiger partial charge in [0.2, 0.25) is 5.91 Å². The Labute approximate surface area is 147 Å². The summed E-state index contributed by atoms with van der Waals surface area (Å²) in [7, 11) is 1.82. The van der Waals surface area contributed by atoms with Gasteiger partial charge in [0.1, 0.15) is 5.75 Å². The number of carbonyl (C=O) groups excluding carboxylic acids is 1. The summed E-state index contributed by atoms with van der Waals surface area (Å²) in [5, 5.41) is 0.983. The second-order valence-corrected chi connectivity index (χ2v) is 6.04. The SMILES string of the molecule is CCOc1cccc2[nH]cc(CC(=O)N(C)C(C)c3ccccn3)c12. The van der Waals surface area contributed by atoms with Crippen LogP contribution in [0.25, 0.3) is 10.9 Å². The molecule has 2 heterocycles. The lowest BCUT2D eigenvalue weighted by atomic mass is 10.1. The second kappa shape index (κ2) is 7.38. The van der Waals surface area contributed by atoms with E-state index >= 15 is 0 Å². The molecule has 0 saturated heterocycles. The minimum absolute atomic E-state index is 0.0466. The van der Waals surface area contributed by atoms with Crippen LogP contribution in [0.3, 0.4) is 0 Å². The lowest BCUT2D eigenvalue weighted by Crippen LogP contribution is -2.31. The van der Waals surface area contributed by atoms with Gasteiger partial charge in [0.25, 0.3) is 0 Å². The zero-order chi connectivity index (χ0) is 17.8. The summed E-state index contributed by atoms with van der Waals surface area (Å²) < 4.78 is 5.72. The molecule has 0 fully saturated rings. The summed E-state index contributed by atoms with van der Waals surface area (Å²) >= 11 is 0. The molecule has 0 aliphatic carbocycles. The number of H-pyrrole nitrogens is 1. The van der Waals surface area contributed by atoms with Crippen LogP contribution in [0.15, 0.2) is 48.8 Å². The highest BCUT2D eigenvalue weighted by atomic mass is 16.5. The van der Waals surface area contributed by atoms with E-state index in [-0.39, 0.29) is 11.9 Å². The molecule has 0 radical (unpaired) electrons. The van der Waals surface area contributed by atoms with Gasteiger partial charge in [0, 0.05) is 30.3 Å². The number of likely N-dealkylation sites (N-methyl/N-ethyl adjacent to an activating group) is 1. The number of nitrogens with one attached hydrogen (secondary N) is 1. The average Bonchev–Trinajstić information content (AvgIpc) is 3.05. The van der Waals surface area contributed by atoms with Crippen molar-refractivity contribution in [1.29, 1.82) is 0 Å². The molecule has 2 aromatic heterocycles. The maximum Gasteiger partial charge on any atom is 0.227 e. The number of benzene rings is 1. The number of carbonyl (C=O) groups is 1. The molecule has 25 heavy (non-hydrogen) atoms. The van der Waals surface area contributed by atoms with Crippen molar-refractivity contribution in [3.05, 3.63) is 60.0 Å². The maximum absolute atomic E-state index is 12.8. The molecule has 130 valence electrons. The van der Waals surface area contributed by atoms with E-state index in [4.69, 9.17) is 4.74 Å². The zero-order valence-electron chi connectivity index (χ0n) is 14.8. The van der Waals surface area contributed by atoms with Crippen molar-refractivity contribution < 1.29 is 9.53 Å². The van der Waals surface area contributed by atoms with Gasteiger partial charge in [-0.3, -0.25) is 9.78 Å². The van der Waals surface area contributed by atoms with Crippen molar-refractivity contribution in [2.24, 2.45) is 0 Å². The number of aromatic amines is 1. The first-order valence-corrected chi connectivity index (χ1v) is 8.50. The molecule has 3 rings (SSSR count). The molecule has 1 unspecified atom stereocenters. The first-order valence-electron chi connectivity index (χ1n) is 8.50. The Morgan fingerprint density at radius 3 is 2.84 bits per heavy atom. The van der Waals surface area contributed by atoms with E-state index in [9.17, 15) is 4.79 Å². The third-order valence-corrected chi connectivity index (χ3v) is 4.48. The molecule has 0 spiro atoms. The summed E-state index contributed by atoms with van der Waals surface area (Å²) in [6.45, 7) is 4.54. The van der Waals surface area contributed by atoms with Crippen LogP contribution in [0.1, 0.15) is 31.1 Å². The molecular weight excluding hydrogens is 314 g/mol. The van der Waals surface area contributed by atoms with E-state index < -0.39 is 0 Å². The van der Waals surface area contributed by atoms with Gasteiger partial charge in [-0.15, -0.1) is 0 Å². The molecule has 0 aliphatic rings. The maximum atomic E-state index is 12.8. The highest BCUT2D eigenvalue weighted by molar-refractivity contribution is 5.93. The first kappa shape index (κ1) is 17.0. The van der Waals surface area contributed by atoms with Gasteiger partial charge < -0.3 is 14.6 Å². The zero-order valence-corrected chi connectivity index (χ0v) is 14.8. The van der Waals surface area contributed by atoms with Crippen molar-refractivity contribution in [1.82, 2.24) is 14.9 Å². The normalized spacial score (nSPS) is 12.1. The number of aromatic nitrogens is 2. The van der Waals surface area contributed by atoms with E-state index in [1.165, 1.54) is 0 Å². The largest absolute Gasteiger partial charge is 0.493 e. The standard InChI is InChI=1S/C20H23N3O2/c1-4-25-18-10-7-9-17-20(18)15(13-22-17)12-19(24)23(3)14(2)16-8-5-6-11-21-16/h5-11,13-14,22H,4,12H2,1-3H3. The van der Waals surface area contributed by atoms with E-state index in [0.717, 1.165) is 27.9 Å². The molecule has 5 nitrogen and oxygen atoms in total. The van der Waals surface area contributed by atoms with Crippen LogP contribution in [0, 0.1) is 0 Å². The molecule has 0 aliphatic heterocycles. The fourth-order valence-electron chi connectivity index (χ4n) is 2.96. The molecule has 0 bridgehead atoms. The van der Waals surface area contributed by atoms with Crippen molar-refractivity contribution >= 4 is 16.8 Å². The Hall–Kier alpha value is -2.82. The number of rotatable bonds is 6. The van der Waals surface area contributed by atoms with Gasteiger partial charge in [0.15, 0.2) is 0 Å². The summed E-state index contributed by atoms with van der Waals surface area (Å²) in [6.07, 6.45) is 3.96. The highest BCUT2D eigenvalue weighted by Crippen LogP contribution is 2.30. The Morgan fingerprint density at radius 2 is 2.12 bits per heavy atom. The van der Waals surface area contributed by atoms with Crippen LogP contribution in [0.4, 0.5) is 0 Å². The number of pyridine rings is 1. The number of amides is 1. The predicted molar refractivity (Wildman–Crippen MR) is 98.6 cm³/mol. The lowest BCUT2D eigenvalue weighted by molar-refractivity contribution is -0.131. The second-order valence-electron chi connectivity index (χ2n) is 6.04. The van der Waals surface area contributed by atoms with E-state index in [1.54, 1.807) is 11.1 Å². The van der Waals surface area contributed by atoms with Gasteiger partial charge >= 0.3 is 0 Å². The Kier molecular flexibility index (Phi) is 5.03. The fraction of sp³-hybridized carbons (Fsp3) is 0.300. The van der Waals surface area contributed by atoms with E-state index in [2.05, 4.69) is 9.97 Å². The smallest absolute Gasteiger partial charge is 0.227 e. The van der Waals surface area contributed by atoms with Crippen molar-refractivity contribution in [2.45, 2.75) is 26.3 Å². The topological polar surface area (TPSA) is 58.2 Å². The van der Waals surface area contributed by atoms with Crippen molar-refractivity contribution in [3.8, 4) is 5.75 Å². The van der Waals surface area contributed by atoms with E-state index in [1.807, 2.05) is 63.5 Å². The molecule has 1 N–H and O–H groups in total. The molecular formula is C20H23N3O2. The molecule has 0 saturated carbocycles. The van der Waals surface area contributed by atoms with Crippen molar-refractivity contribution in [2.75, 3.05) is 13.7 Å². The Bertz CT molecular complexity index is 858. The minimum atomic E-state index is -0.0785. The summed E-state index contributed by atoms with van der Waals surface area (Å²) in [6, 6.07) is 11.5. The lowest BCUT2D eigenvalue weighted by Gasteiger charge is -2.24. The van der Waals surface area contributed by atoms with Crippen LogP contribution < -0.4 is 4.74 Å². The number of fused-ring (bicyclic) bond motifs is 1. The van der Waals surface area contributed by atoms with Gasteiger partial charge in [-0.1, -0.05) is 12.1 Å². The minimum Gasteiger partial charge on any atom is -0.493 e. The third-order valence-electron chi connectivity index (χ3n) is 4.48. The summed E-state index contributed by atoms with van der Waals surface area (Å²) in [5.41, 5.74) is 2.81. The van der Waals surface area contributed by atoms with Crippen LogP contribution >= 0.6 is 0 Å². The fourth-order valence-corrected chi connectivity index (χ4v) is 2.96. The van der Waals surface area contributed by atoms with Crippen LogP contribution in [-0.2, 0) is 11.2 Å². The first-order chi connectivity index (χ1) is 12.1. The van der Waals surface area contributed by atoms with Crippen LogP contribution in [0.2, 0.25) is 0 Å². The summed E-state index contributed by atoms with van der Waals surface area (Å²) in [5.74, 6) is 0.856. The predicted octanol–water partition coefficient (Wildman–Crippen LogP) is 3.72. The van der Waals surface area contributed by atoms with Gasteiger partial charge in [-0.25, -0.2) is 0 Å². The van der Waals surface area contributed by atoms with Crippen LogP contribution in [-0.4, -0.2) is 34.4 Å². The number of hydrogen-bond donors (Lipinski definition) is 1.